The van der Waals surface area contributed by atoms with E-state index in [0.717, 1.165) is 109 Å². The Morgan fingerprint density at radius 3 is 2.52 bits per heavy atom. The second kappa shape index (κ2) is 10.8. The third-order valence-electron chi connectivity index (χ3n) is 9.88. The molecule has 0 saturated carbocycles. The summed E-state index contributed by atoms with van der Waals surface area (Å²) in [6.07, 6.45) is 10.8. The summed E-state index contributed by atoms with van der Waals surface area (Å²) in [5.74, 6) is -0.0286. The molecule has 4 nitrogen and oxygen atoms in total. The SMILES string of the molecule is C=CC(C)c1cc2n(c(=O)c1CCC)Cc1c-2nc2cc3c(cc2c1CCc1ccc(N2CCCC2)c(F)c1)CCC3. The highest BCUT2D eigenvalue weighted by Gasteiger charge is 2.29. The maximum absolute atomic E-state index is 15.2. The van der Waals surface area contributed by atoms with Crippen LogP contribution in [0.2, 0.25) is 0 Å². The first kappa shape index (κ1) is 27.1. The largest absolute Gasteiger partial charge is 0.369 e. The van der Waals surface area contributed by atoms with E-state index in [0.29, 0.717) is 6.54 Å². The van der Waals surface area contributed by atoms with Gasteiger partial charge in [0.1, 0.15) is 5.82 Å². The van der Waals surface area contributed by atoms with Gasteiger partial charge >= 0.3 is 0 Å². The van der Waals surface area contributed by atoms with Gasteiger partial charge in [-0.05, 0) is 115 Å². The van der Waals surface area contributed by atoms with Gasteiger partial charge in [0.05, 0.1) is 29.1 Å². The molecular weight excluding hydrogens is 521 g/mol. The third kappa shape index (κ3) is 4.49. The van der Waals surface area contributed by atoms with Crippen LogP contribution < -0.4 is 10.5 Å². The van der Waals surface area contributed by atoms with Crippen LogP contribution in [0.5, 0.6) is 0 Å². The fourth-order valence-corrected chi connectivity index (χ4v) is 7.55. The fourth-order valence-electron chi connectivity index (χ4n) is 7.55. The molecule has 1 saturated heterocycles. The topological polar surface area (TPSA) is 38.1 Å². The first-order chi connectivity index (χ1) is 20.5. The number of benzene rings is 2. The van der Waals surface area contributed by atoms with E-state index in [2.05, 4.69) is 49.6 Å². The van der Waals surface area contributed by atoms with Crippen molar-refractivity contribution in [2.75, 3.05) is 18.0 Å². The van der Waals surface area contributed by atoms with E-state index < -0.39 is 0 Å². The number of fused-ring (bicyclic) bond motifs is 5. The van der Waals surface area contributed by atoms with Gasteiger partial charge in [0, 0.05) is 29.6 Å². The zero-order valence-corrected chi connectivity index (χ0v) is 24.9. The molecule has 42 heavy (non-hydrogen) atoms. The molecule has 216 valence electrons. The maximum Gasteiger partial charge on any atom is 0.254 e. The van der Waals surface area contributed by atoms with Gasteiger partial charge in [0.25, 0.3) is 5.56 Å². The van der Waals surface area contributed by atoms with Crippen LogP contribution in [0.25, 0.3) is 22.3 Å². The highest BCUT2D eigenvalue weighted by molar-refractivity contribution is 5.89. The number of hydrogen-bond donors (Lipinski definition) is 0. The summed E-state index contributed by atoms with van der Waals surface area (Å²) in [5, 5.41) is 1.19. The minimum Gasteiger partial charge on any atom is -0.369 e. The van der Waals surface area contributed by atoms with E-state index in [1.807, 2.05) is 16.7 Å². The molecule has 1 aliphatic carbocycles. The number of aromatic nitrogens is 2. The van der Waals surface area contributed by atoms with Gasteiger partial charge in [-0.2, -0.15) is 0 Å². The van der Waals surface area contributed by atoms with Crippen molar-refractivity contribution in [3.8, 4) is 11.4 Å². The predicted octanol–water partition coefficient (Wildman–Crippen LogP) is 7.68. The van der Waals surface area contributed by atoms with Crippen molar-refractivity contribution in [2.45, 2.75) is 84.1 Å². The maximum atomic E-state index is 15.2. The van der Waals surface area contributed by atoms with Crippen LogP contribution in [0.4, 0.5) is 10.1 Å². The van der Waals surface area contributed by atoms with E-state index in [-0.39, 0.29) is 17.3 Å². The average Bonchev–Trinajstić information content (AvgIpc) is 3.76. The number of hydrogen-bond acceptors (Lipinski definition) is 3. The monoisotopic (exact) mass is 561 g/mol. The third-order valence-corrected chi connectivity index (χ3v) is 9.88. The zero-order valence-electron chi connectivity index (χ0n) is 24.9. The number of allylic oxidation sites excluding steroid dienone is 1. The van der Waals surface area contributed by atoms with Crippen LogP contribution in [-0.4, -0.2) is 22.6 Å². The summed E-state index contributed by atoms with van der Waals surface area (Å²) in [6.45, 7) is 10.7. The van der Waals surface area contributed by atoms with Gasteiger partial charge in [-0.25, -0.2) is 9.37 Å². The minimum absolute atomic E-state index is 0.0934. The highest BCUT2D eigenvalue weighted by atomic mass is 19.1. The summed E-state index contributed by atoms with van der Waals surface area (Å²) in [4.78, 5) is 21.4. The Morgan fingerprint density at radius 1 is 1.00 bits per heavy atom. The molecule has 2 aromatic carbocycles. The molecule has 5 heteroatoms. The van der Waals surface area contributed by atoms with Crippen molar-refractivity contribution >= 4 is 16.6 Å². The second-order valence-electron chi connectivity index (χ2n) is 12.5. The molecule has 1 unspecified atom stereocenters. The number of halogens is 1. The van der Waals surface area contributed by atoms with E-state index in [9.17, 15) is 4.79 Å². The van der Waals surface area contributed by atoms with E-state index in [1.165, 1.54) is 28.5 Å². The smallest absolute Gasteiger partial charge is 0.254 e. The molecule has 7 rings (SSSR count). The van der Waals surface area contributed by atoms with Crippen LogP contribution in [0, 0.1) is 5.82 Å². The van der Waals surface area contributed by atoms with E-state index in [4.69, 9.17) is 4.98 Å². The number of pyridine rings is 2. The summed E-state index contributed by atoms with van der Waals surface area (Å²) in [6, 6.07) is 12.6. The van der Waals surface area contributed by atoms with Crippen LogP contribution in [0.1, 0.15) is 84.4 Å². The Hall–Kier alpha value is -3.73. The molecule has 0 bridgehead atoms. The van der Waals surface area contributed by atoms with Crippen LogP contribution in [-0.2, 0) is 38.6 Å². The van der Waals surface area contributed by atoms with Gasteiger partial charge in [0.15, 0.2) is 0 Å². The Kier molecular flexibility index (Phi) is 7.00. The Balaban J connectivity index is 1.33. The lowest BCUT2D eigenvalue weighted by Gasteiger charge is -2.19. The lowest BCUT2D eigenvalue weighted by Crippen LogP contribution is -2.25. The number of aryl methyl sites for hydroxylation is 4. The molecule has 2 aliphatic heterocycles. The first-order valence-electron chi connectivity index (χ1n) is 15.9. The van der Waals surface area contributed by atoms with Crippen molar-refractivity contribution in [1.29, 1.82) is 0 Å². The van der Waals surface area contributed by atoms with Crippen molar-refractivity contribution in [3.63, 3.8) is 0 Å². The summed E-state index contributed by atoms with van der Waals surface area (Å²) >= 11 is 0. The number of nitrogens with zero attached hydrogens (tertiary/aromatic N) is 3. The molecule has 0 amide bonds. The first-order valence-corrected chi connectivity index (χ1v) is 15.9. The lowest BCUT2D eigenvalue weighted by molar-refractivity contribution is 0.620. The Labute approximate surface area is 247 Å². The van der Waals surface area contributed by atoms with Crippen molar-refractivity contribution < 1.29 is 4.39 Å². The Morgan fingerprint density at radius 2 is 1.79 bits per heavy atom. The normalized spacial score (nSPS) is 16.1. The lowest BCUT2D eigenvalue weighted by atomic mass is 9.92. The van der Waals surface area contributed by atoms with Gasteiger partial charge in [-0.1, -0.05) is 32.4 Å². The molecule has 4 aromatic rings. The van der Waals surface area contributed by atoms with Crippen LogP contribution in [0.3, 0.4) is 0 Å². The minimum atomic E-state index is -0.122. The number of anilines is 1. The molecule has 1 atom stereocenters. The molecule has 3 aliphatic rings. The molecule has 0 N–H and O–H groups in total. The molecule has 4 heterocycles. The number of rotatable bonds is 8. The van der Waals surface area contributed by atoms with Crippen LogP contribution >= 0.6 is 0 Å². The zero-order chi connectivity index (χ0) is 29.0. The molecule has 2 aromatic heterocycles. The van der Waals surface area contributed by atoms with Gasteiger partial charge < -0.3 is 9.47 Å². The second-order valence-corrected chi connectivity index (χ2v) is 12.5. The summed E-state index contributed by atoms with van der Waals surface area (Å²) < 4.78 is 17.2. The highest BCUT2D eigenvalue weighted by Crippen LogP contribution is 2.39. The van der Waals surface area contributed by atoms with Crippen LogP contribution in [0.15, 0.2) is 53.8 Å². The molecule has 0 radical (unpaired) electrons. The van der Waals surface area contributed by atoms with Gasteiger partial charge in [-0.3, -0.25) is 4.79 Å². The summed E-state index contributed by atoms with van der Waals surface area (Å²) in [7, 11) is 0. The van der Waals surface area contributed by atoms with Gasteiger partial charge in [0.2, 0.25) is 0 Å². The molecule has 1 fully saturated rings. The predicted molar refractivity (Wildman–Crippen MR) is 170 cm³/mol. The molecular formula is C37H40FN3O. The van der Waals surface area contributed by atoms with Crippen molar-refractivity contribution in [1.82, 2.24) is 9.55 Å². The average molecular weight is 562 g/mol. The van der Waals surface area contributed by atoms with E-state index in [1.54, 1.807) is 6.07 Å². The van der Waals surface area contributed by atoms with Crippen molar-refractivity contribution in [2.24, 2.45) is 0 Å². The quantitative estimate of drug-likeness (QED) is 0.182. The van der Waals surface area contributed by atoms with Gasteiger partial charge in [-0.15, -0.1) is 6.58 Å². The van der Waals surface area contributed by atoms with E-state index >= 15 is 4.39 Å². The standard InChI is InChI=1S/C37H40FN3O/c1-4-9-28-29(23(3)5-2)21-35-36-31(22-41(35)37(28)42)27(30-19-25-10-8-11-26(25)20-33(30)39-36)14-12-24-13-15-34(32(38)18-24)40-16-6-7-17-40/h5,13,15,18-21,23H,2,4,6-12,14,16-17,22H2,1,3H3. The Bertz CT molecular complexity index is 1780. The fraction of sp³-hybridized carbons (Fsp3) is 0.405. The summed E-state index contributed by atoms with van der Waals surface area (Å²) in [5.41, 5.74) is 11.9. The molecule has 0 spiro atoms. The van der Waals surface area contributed by atoms with Crippen molar-refractivity contribution in [3.05, 3.63) is 104 Å².